The molecule has 2 fully saturated rings. The first-order valence-electron chi connectivity index (χ1n) is 6.99. The van der Waals surface area contributed by atoms with E-state index in [9.17, 15) is 0 Å². The summed E-state index contributed by atoms with van der Waals surface area (Å²) in [4.78, 5) is 0. The first kappa shape index (κ1) is 12.4. The van der Waals surface area contributed by atoms with Crippen LogP contribution in [0.15, 0.2) is 0 Å². The molecule has 2 unspecified atom stereocenters. The minimum atomic E-state index is 0.328. The van der Waals surface area contributed by atoms with Gasteiger partial charge in [0.05, 0.1) is 6.10 Å². The molecule has 94 valence electrons. The Morgan fingerprint density at radius 1 is 1.25 bits per heavy atom. The Morgan fingerprint density at radius 2 is 1.94 bits per heavy atom. The predicted molar refractivity (Wildman–Crippen MR) is 67.6 cm³/mol. The molecule has 2 heteroatoms. The molecule has 0 aromatic carbocycles. The lowest BCUT2D eigenvalue weighted by atomic mass is 9.64. The van der Waals surface area contributed by atoms with Gasteiger partial charge in [-0.1, -0.05) is 33.6 Å². The van der Waals surface area contributed by atoms with Crippen molar-refractivity contribution in [1.82, 2.24) is 5.32 Å². The summed E-state index contributed by atoms with van der Waals surface area (Å²) in [6.07, 6.45) is 7.31. The zero-order valence-electron chi connectivity index (χ0n) is 11.1. The summed E-state index contributed by atoms with van der Waals surface area (Å²) in [5, 5.41) is 3.55. The summed E-state index contributed by atoms with van der Waals surface area (Å²) in [7, 11) is 0. The van der Waals surface area contributed by atoms with Gasteiger partial charge in [-0.2, -0.15) is 0 Å². The molecule has 0 aliphatic heterocycles. The van der Waals surface area contributed by atoms with Crippen LogP contribution < -0.4 is 5.32 Å². The lowest BCUT2D eigenvalue weighted by Gasteiger charge is -2.52. The molecule has 0 spiro atoms. The maximum absolute atomic E-state index is 6.11. The van der Waals surface area contributed by atoms with Gasteiger partial charge in [0.15, 0.2) is 0 Å². The third kappa shape index (κ3) is 2.43. The van der Waals surface area contributed by atoms with Crippen LogP contribution in [0.4, 0.5) is 0 Å². The molecular weight excluding hydrogens is 198 g/mol. The van der Waals surface area contributed by atoms with E-state index in [0.29, 0.717) is 17.6 Å². The van der Waals surface area contributed by atoms with Crippen LogP contribution in [0.2, 0.25) is 0 Å². The van der Waals surface area contributed by atoms with Gasteiger partial charge >= 0.3 is 0 Å². The van der Waals surface area contributed by atoms with E-state index in [4.69, 9.17) is 4.74 Å². The topological polar surface area (TPSA) is 21.3 Å². The second-order valence-electron chi connectivity index (χ2n) is 6.14. The summed E-state index contributed by atoms with van der Waals surface area (Å²) in [5.74, 6) is 0.856. The second-order valence-corrected chi connectivity index (χ2v) is 6.14. The first-order valence-corrected chi connectivity index (χ1v) is 6.99. The zero-order chi connectivity index (χ0) is 11.6. The van der Waals surface area contributed by atoms with Gasteiger partial charge in [-0.15, -0.1) is 0 Å². The molecule has 2 aliphatic rings. The first-order chi connectivity index (χ1) is 7.64. The SMILES string of the molecule is CCNC1CC(OCC2CCCC2)C1(C)C. The Kier molecular flexibility index (Phi) is 3.91. The monoisotopic (exact) mass is 225 g/mol. The van der Waals surface area contributed by atoms with Gasteiger partial charge in [0.1, 0.15) is 0 Å². The van der Waals surface area contributed by atoms with E-state index < -0.39 is 0 Å². The van der Waals surface area contributed by atoms with Crippen molar-refractivity contribution < 1.29 is 4.74 Å². The molecule has 0 aromatic rings. The average Bonchev–Trinajstić information content (AvgIpc) is 2.75. The van der Waals surface area contributed by atoms with Crippen molar-refractivity contribution in [3.8, 4) is 0 Å². The summed E-state index contributed by atoms with van der Waals surface area (Å²) in [6.45, 7) is 8.94. The highest BCUT2D eigenvalue weighted by atomic mass is 16.5. The maximum atomic E-state index is 6.11. The largest absolute Gasteiger partial charge is 0.377 e. The molecule has 0 amide bonds. The van der Waals surface area contributed by atoms with Crippen molar-refractivity contribution in [3.05, 3.63) is 0 Å². The molecule has 0 heterocycles. The molecule has 0 bridgehead atoms. The molecule has 2 rings (SSSR count). The van der Waals surface area contributed by atoms with Crippen LogP contribution in [0.1, 0.15) is 52.9 Å². The highest BCUT2D eigenvalue weighted by molar-refractivity contribution is 5.02. The van der Waals surface area contributed by atoms with Gasteiger partial charge in [0, 0.05) is 18.1 Å². The lowest BCUT2D eigenvalue weighted by molar-refractivity contribution is -0.125. The third-order valence-corrected chi connectivity index (χ3v) is 4.64. The maximum Gasteiger partial charge on any atom is 0.0656 e. The Labute approximate surface area is 100 Å². The molecule has 16 heavy (non-hydrogen) atoms. The van der Waals surface area contributed by atoms with Crippen LogP contribution in [0.5, 0.6) is 0 Å². The fourth-order valence-corrected chi connectivity index (χ4v) is 3.19. The smallest absolute Gasteiger partial charge is 0.0656 e. The lowest BCUT2D eigenvalue weighted by Crippen LogP contribution is -2.61. The van der Waals surface area contributed by atoms with E-state index in [1.54, 1.807) is 0 Å². The van der Waals surface area contributed by atoms with Gasteiger partial charge in [-0.05, 0) is 31.7 Å². The number of hydrogen-bond acceptors (Lipinski definition) is 2. The van der Waals surface area contributed by atoms with Crippen molar-refractivity contribution >= 4 is 0 Å². The minimum Gasteiger partial charge on any atom is -0.377 e. The fourth-order valence-electron chi connectivity index (χ4n) is 3.19. The van der Waals surface area contributed by atoms with E-state index in [-0.39, 0.29) is 0 Å². The number of nitrogens with one attached hydrogen (secondary N) is 1. The molecule has 2 saturated carbocycles. The van der Waals surface area contributed by atoms with Crippen LogP contribution in [0, 0.1) is 11.3 Å². The molecule has 0 aromatic heterocycles. The zero-order valence-corrected chi connectivity index (χ0v) is 11.1. The van der Waals surface area contributed by atoms with Crippen molar-refractivity contribution in [3.63, 3.8) is 0 Å². The highest BCUT2D eigenvalue weighted by Crippen LogP contribution is 2.43. The third-order valence-electron chi connectivity index (χ3n) is 4.64. The molecule has 2 aliphatic carbocycles. The standard InChI is InChI=1S/C14H27NO/c1-4-15-12-9-13(14(12,2)3)16-10-11-7-5-6-8-11/h11-13,15H,4-10H2,1-3H3. The quantitative estimate of drug-likeness (QED) is 0.776. The number of rotatable bonds is 5. The van der Waals surface area contributed by atoms with E-state index >= 15 is 0 Å². The van der Waals surface area contributed by atoms with Crippen LogP contribution in [0.3, 0.4) is 0 Å². The summed E-state index contributed by atoms with van der Waals surface area (Å²) >= 11 is 0. The normalized spacial score (nSPS) is 33.9. The van der Waals surface area contributed by atoms with Gasteiger partial charge < -0.3 is 10.1 Å². The van der Waals surface area contributed by atoms with Crippen molar-refractivity contribution in [1.29, 1.82) is 0 Å². The second kappa shape index (κ2) is 5.05. The number of hydrogen-bond donors (Lipinski definition) is 1. The van der Waals surface area contributed by atoms with Crippen LogP contribution in [-0.2, 0) is 4.74 Å². The Hall–Kier alpha value is -0.0800. The average molecular weight is 225 g/mol. The van der Waals surface area contributed by atoms with Crippen molar-refractivity contribution in [2.24, 2.45) is 11.3 Å². The Bertz CT molecular complexity index is 221. The minimum absolute atomic E-state index is 0.328. The van der Waals surface area contributed by atoms with E-state index in [2.05, 4.69) is 26.1 Å². The van der Waals surface area contributed by atoms with Crippen molar-refractivity contribution in [2.75, 3.05) is 13.2 Å². The van der Waals surface area contributed by atoms with Crippen LogP contribution in [-0.4, -0.2) is 25.3 Å². The predicted octanol–water partition coefficient (Wildman–Crippen LogP) is 2.97. The molecule has 1 N–H and O–H groups in total. The van der Waals surface area contributed by atoms with E-state index in [1.807, 2.05) is 0 Å². The molecule has 2 nitrogen and oxygen atoms in total. The highest BCUT2D eigenvalue weighted by Gasteiger charge is 2.48. The fraction of sp³-hybridized carbons (Fsp3) is 1.00. The van der Waals surface area contributed by atoms with Crippen LogP contribution in [0.25, 0.3) is 0 Å². The summed E-state index contributed by atoms with van der Waals surface area (Å²) in [6, 6.07) is 0.658. The molecule has 2 atom stereocenters. The molecular formula is C14H27NO. The van der Waals surface area contributed by atoms with Crippen LogP contribution >= 0.6 is 0 Å². The van der Waals surface area contributed by atoms with Gasteiger partial charge in [-0.3, -0.25) is 0 Å². The van der Waals surface area contributed by atoms with E-state index in [1.165, 1.54) is 32.1 Å². The molecule has 0 radical (unpaired) electrons. The van der Waals surface area contributed by atoms with Gasteiger partial charge in [0.2, 0.25) is 0 Å². The van der Waals surface area contributed by atoms with Gasteiger partial charge in [0.25, 0.3) is 0 Å². The Morgan fingerprint density at radius 3 is 2.50 bits per heavy atom. The van der Waals surface area contributed by atoms with Crippen molar-refractivity contribution in [2.45, 2.75) is 65.0 Å². The summed E-state index contributed by atoms with van der Waals surface area (Å²) in [5.41, 5.74) is 0.328. The van der Waals surface area contributed by atoms with Gasteiger partial charge in [-0.25, -0.2) is 0 Å². The van der Waals surface area contributed by atoms with E-state index in [0.717, 1.165) is 19.1 Å². The Balaban J connectivity index is 1.71. The summed E-state index contributed by atoms with van der Waals surface area (Å²) < 4.78 is 6.11. The molecule has 0 saturated heterocycles. The number of ether oxygens (including phenoxy) is 1.